The van der Waals surface area contributed by atoms with Crippen LogP contribution in [0.15, 0.2) is 78.9 Å². The number of likely N-dealkylation sites (tertiary alicyclic amines) is 1. The first-order valence-corrected chi connectivity index (χ1v) is 11.5. The van der Waals surface area contributed by atoms with Gasteiger partial charge in [0.2, 0.25) is 5.91 Å². The molecule has 1 aliphatic rings. The van der Waals surface area contributed by atoms with E-state index in [2.05, 4.69) is 5.32 Å². The van der Waals surface area contributed by atoms with Gasteiger partial charge in [0.1, 0.15) is 11.5 Å². The highest BCUT2D eigenvalue weighted by Crippen LogP contribution is 2.36. The lowest BCUT2D eigenvalue weighted by Gasteiger charge is -2.41. The van der Waals surface area contributed by atoms with Crippen LogP contribution in [-0.4, -0.2) is 44.0 Å². The zero-order valence-electron chi connectivity index (χ0n) is 19.6. The number of carbonyl (C=O) groups excluding carboxylic acids is 2. The number of benzene rings is 3. The number of hydrogen-bond acceptors (Lipinski definition) is 4. The van der Waals surface area contributed by atoms with Crippen LogP contribution in [0.1, 0.15) is 34.3 Å². The Morgan fingerprint density at radius 3 is 1.94 bits per heavy atom. The summed E-state index contributed by atoms with van der Waals surface area (Å²) >= 11 is 0. The third-order valence-corrected chi connectivity index (χ3v) is 6.61. The third kappa shape index (κ3) is 4.91. The number of rotatable bonds is 7. The molecule has 0 spiro atoms. The van der Waals surface area contributed by atoms with Crippen molar-refractivity contribution in [1.82, 2.24) is 10.2 Å². The van der Waals surface area contributed by atoms with Crippen molar-refractivity contribution < 1.29 is 19.1 Å². The summed E-state index contributed by atoms with van der Waals surface area (Å²) in [5.74, 6) is 1.46. The van der Waals surface area contributed by atoms with Gasteiger partial charge in [-0.25, -0.2) is 0 Å². The molecule has 1 heterocycles. The molecule has 176 valence electrons. The molecule has 1 fully saturated rings. The lowest BCUT2D eigenvalue weighted by Crippen LogP contribution is -2.52. The quantitative estimate of drug-likeness (QED) is 0.576. The molecule has 1 saturated heterocycles. The van der Waals surface area contributed by atoms with E-state index in [0.717, 1.165) is 16.9 Å². The van der Waals surface area contributed by atoms with Gasteiger partial charge in [-0.15, -0.1) is 0 Å². The molecule has 6 nitrogen and oxygen atoms in total. The maximum absolute atomic E-state index is 13.6. The summed E-state index contributed by atoms with van der Waals surface area (Å²) in [4.78, 5) is 28.5. The molecule has 0 aromatic heterocycles. The van der Waals surface area contributed by atoms with E-state index in [9.17, 15) is 9.59 Å². The van der Waals surface area contributed by atoms with Gasteiger partial charge in [-0.3, -0.25) is 9.59 Å². The summed E-state index contributed by atoms with van der Waals surface area (Å²) in [5.41, 5.74) is 1.94. The van der Waals surface area contributed by atoms with Crippen LogP contribution in [-0.2, 0) is 16.8 Å². The van der Waals surface area contributed by atoms with Crippen molar-refractivity contribution in [2.24, 2.45) is 0 Å². The van der Waals surface area contributed by atoms with Crippen molar-refractivity contribution in [2.45, 2.75) is 24.8 Å². The summed E-state index contributed by atoms with van der Waals surface area (Å²) < 4.78 is 10.4. The molecule has 3 aromatic carbocycles. The van der Waals surface area contributed by atoms with Crippen molar-refractivity contribution in [3.05, 3.63) is 95.6 Å². The largest absolute Gasteiger partial charge is 0.497 e. The van der Waals surface area contributed by atoms with Gasteiger partial charge >= 0.3 is 0 Å². The topological polar surface area (TPSA) is 67.9 Å². The maximum atomic E-state index is 13.6. The fourth-order valence-electron chi connectivity index (χ4n) is 4.51. The Kier molecular flexibility index (Phi) is 7.16. The van der Waals surface area contributed by atoms with Crippen LogP contribution in [0.3, 0.4) is 0 Å². The molecule has 0 bridgehead atoms. The van der Waals surface area contributed by atoms with E-state index in [1.54, 1.807) is 38.5 Å². The van der Waals surface area contributed by atoms with Gasteiger partial charge in [0.15, 0.2) is 0 Å². The summed E-state index contributed by atoms with van der Waals surface area (Å²) in [6.07, 6.45) is 1.13. The van der Waals surface area contributed by atoms with Crippen molar-refractivity contribution in [3.63, 3.8) is 0 Å². The molecule has 0 saturated carbocycles. The van der Waals surface area contributed by atoms with Crippen LogP contribution in [0.25, 0.3) is 0 Å². The molecule has 6 heteroatoms. The van der Waals surface area contributed by atoms with Gasteiger partial charge in [-0.1, -0.05) is 42.5 Å². The number of piperidine rings is 1. The van der Waals surface area contributed by atoms with Crippen molar-refractivity contribution in [2.75, 3.05) is 27.3 Å². The van der Waals surface area contributed by atoms with Crippen LogP contribution in [0.2, 0.25) is 0 Å². The first-order valence-electron chi connectivity index (χ1n) is 11.5. The second-order valence-corrected chi connectivity index (χ2v) is 8.50. The van der Waals surface area contributed by atoms with Gasteiger partial charge in [0.05, 0.1) is 19.6 Å². The second-order valence-electron chi connectivity index (χ2n) is 8.50. The summed E-state index contributed by atoms with van der Waals surface area (Å²) in [5, 5.41) is 3.14. The molecular weight excluding hydrogens is 428 g/mol. The molecule has 1 aliphatic heterocycles. The van der Waals surface area contributed by atoms with Crippen LogP contribution in [0.4, 0.5) is 0 Å². The highest BCUT2D eigenvalue weighted by molar-refractivity contribution is 5.95. The normalized spacial score (nSPS) is 14.8. The van der Waals surface area contributed by atoms with E-state index in [1.807, 2.05) is 59.5 Å². The first kappa shape index (κ1) is 23.4. The highest BCUT2D eigenvalue weighted by Gasteiger charge is 2.43. The Labute approximate surface area is 200 Å². The number of carbonyl (C=O) groups is 2. The SMILES string of the molecule is COc1ccc(CNC(=O)C2(c3ccccc3)CCN(C(=O)c3ccc(OC)cc3)CC2)cc1. The molecule has 0 radical (unpaired) electrons. The van der Waals surface area contributed by atoms with E-state index in [0.29, 0.717) is 43.8 Å². The summed E-state index contributed by atoms with van der Waals surface area (Å²) in [7, 11) is 3.23. The molecule has 4 rings (SSSR count). The van der Waals surface area contributed by atoms with Gasteiger partial charge < -0.3 is 19.7 Å². The van der Waals surface area contributed by atoms with E-state index < -0.39 is 5.41 Å². The Morgan fingerprint density at radius 2 is 1.38 bits per heavy atom. The van der Waals surface area contributed by atoms with Crippen LogP contribution < -0.4 is 14.8 Å². The average molecular weight is 459 g/mol. The summed E-state index contributed by atoms with van der Waals surface area (Å²) in [6.45, 7) is 1.46. The predicted octanol–water partition coefficient (Wildman–Crippen LogP) is 4.19. The molecular formula is C28H30N2O4. The van der Waals surface area contributed by atoms with E-state index in [4.69, 9.17) is 9.47 Å². The monoisotopic (exact) mass is 458 g/mol. The average Bonchev–Trinajstić information content (AvgIpc) is 2.92. The third-order valence-electron chi connectivity index (χ3n) is 6.61. The minimum atomic E-state index is -0.676. The zero-order valence-corrected chi connectivity index (χ0v) is 19.6. The standard InChI is InChI=1S/C28H30N2O4/c1-33-24-12-8-21(9-13-24)20-29-27(32)28(23-6-4-3-5-7-23)16-18-30(19-17-28)26(31)22-10-14-25(34-2)15-11-22/h3-15H,16-20H2,1-2H3,(H,29,32). The Bertz CT molecular complexity index is 1100. The van der Waals surface area contributed by atoms with E-state index >= 15 is 0 Å². The smallest absolute Gasteiger partial charge is 0.253 e. The fourth-order valence-corrected chi connectivity index (χ4v) is 4.51. The fraction of sp³-hybridized carbons (Fsp3) is 0.286. The predicted molar refractivity (Wildman–Crippen MR) is 131 cm³/mol. The van der Waals surface area contributed by atoms with Crippen molar-refractivity contribution >= 4 is 11.8 Å². The molecule has 34 heavy (non-hydrogen) atoms. The van der Waals surface area contributed by atoms with Gasteiger partial charge in [0, 0.05) is 25.2 Å². The molecule has 1 N–H and O–H groups in total. The minimum absolute atomic E-state index is 0.00827. The van der Waals surface area contributed by atoms with Gasteiger partial charge in [-0.2, -0.15) is 0 Å². The van der Waals surface area contributed by atoms with Crippen molar-refractivity contribution in [1.29, 1.82) is 0 Å². The number of nitrogens with zero attached hydrogens (tertiary/aromatic N) is 1. The van der Waals surface area contributed by atoms with Crippen LogP contribution in [0, 0.1) is 0 Å². The Balaban J connectivity index is 1.48. The summed E-state index contributed by atoms with van der Waals surface area (Å²) in [6, 6.07) is 24.7. The number of hydrogen-bond donors (Lipinski definition) is 1. The number of nitrogens with one attached hydrogen (secondary N) is 1. The molecule has 0 atom stereocenters. The van der Waals surface area contributed by atoms with Crippen LogP contribution in [0.5, 0.6) is 11.5 Å². The Morgan fingerprint density at radius 1 is 0.824 bits per heavy atom. The molecule has 3 aromatic rings. The zero-order chi connectivity index (χ0) is 24.0. The lowest BCUT2D eigenvalue weighted by molar-refractivity contribution is -0.128. The number of amides is 2. The number of methoxy groups -OCH3 is 2. The van der Waals surface area contributed by atoms with Crippen molar-refractivity contribution in [3.8, 4) is 11.5 Å². The Hall–Kier alpha value is -3.80. The van der Waals surface area contributed by atoms with E-state index in [1.165, 1.54) is 0 Å². The van der Waals surface area contributed by atoms with Crippen LogP contribution >= 0.6 is 0 Å². The second kappa shape index (κ2) is 10.4. The van der Waals surface area contributed by atoms with Gasteiger partial charge in [0.25, 0.3) is 5.91 Å². The lowest BCUT2D eigenvalue weighted by atomic mass is 9.72. The first-order chi connectivity index (χ1) is 16.6. The van der Waals surface area contributed by atoms with E-state index in [-0.39, 0.29) is 11.8 Å². The molecule has 2 amide bonds. The maximum Gasteiger partial charge on any atom is 0.253 e. The van der Waals surface area contributed by atoms with Gasteiger partial charge in [-0.05, 0) is 60.4 Å². The minimum Gasteiger partial charge on any atom is -0.497 e. The molecule has 0 unspecified atom stereocenters. The molecule has 0 aliphatic carbocycles. The number of ether oxygens (including phenoxy) is 2. The highest BCUT2D eigenvalue weighted by atomic mass is 16.5.